The van der Waals surface area contributed by atoms with Gasteiger partial charge in [0.1, 0.15) is 4.90 Å². The molecule has 0 saturated carbocycles. The topological polar surface area (TPSA) is 92.8 Å². The number of carbonyl (C=O) groups excluding carboxylic acids is 2. The van der Waals surface area contributed by atoms with Gasteiger partial charge in [0.05, 0.1) is 5.02 Å². The molecule has 0 radical (unpaired) electrons. The monoisotopic (exact) mass is 404 g/mol. The number of rotatable bonds is 8. The molecule has 1 atom stereocenters. The highest BCUT2D eigenvalue weighted by molar-refractivity contribution is 7.89. The Kier molecular flexibility index (Phi) is 8.05. The van der Waals surface area contributed by atoms with E-state index in [0.29, 0.717) is 12.3 Å². The highest BCUT2D eigenvalue weighted by Gasteiger charge is 2.23. The van der Waals surface area contributed by atoms with Crippen molar-refractivity contribution in [2.45, 2.75) is 44.6 Å². The van der Waals surface area contributed by atoms with Gasteiger partial charge in [-0.25, -0.2) is 12.7 Å². The van der Waals surface area contributed by atoms with Gasteiger partial charge in [-0.3, -0.25) is 9.59 Å². The molecule has 0 bridgehead atoms. The van der Waals surface area contributed by atoms with Crippen LogP contribution in [0.1, 0.15) is 33.6 Å². The summed E-state index contributed by atoms with van der Waals surface area (Å²) in [7, 11) is -0.987. The van der Waals surface area contributed by atoms with Crippen molar-refractivity contribution < 1.29 is 22.7 Å². The molecule has 26 heavy (non-hydrogen) atoms. The van der Waals surface area contributed by atoms with Gasteiger partial charge in [-0.15, -0.1) is 0 Å². The van der Waals surface area contributed by atoms with Gasteiger partial charge in [0, 0.05) is 26.2 Å². The molecule has 0 aliphatic heterocycles. The molecule has 0 heterocycles. The van der Waals surface area contributed by atoms with Crippen LogP contribution in [0.25, 0.3) is 0 Å². The average molecular weight is 405 g/mol. The van der Waals surface area contributed by atoms with Crippen molar-refractivity contribution >= 4 is 39.2 Å². The SMILES string of the molecule is CC(C)CCC(=O)O[C@@H](C)C(=O)Nc1ccc(Cl)c(S(=O)(=O)N(C)C)c1. The molecular weight excluding hydrogens is 380 g/mol. The first-order chi connectivity index (χ1) is 11.9. The number of benzene rings is 1. The van der Waals surface area contributed by atoms with E-state index in [0.717, 1.165) is 4.31 Å². The molecule has 9 heteroatoms. The van der Waals surface area contributed by atoms with Crippen molar-refractivity contribution in [1.29, 1.82) is 0 Å². The van der Waals surface area contributed by atoms with Crippen molar-refractivity contribution in [3.8, 4) is 0 Å². The van der Waals surface area contributed by atoms with Crippen LogP contribution in [-0.4, -0.2) is 44.8 Å². The highest BCUT2D eigenvalue weighted by atomic mass is 35.5. The van der Waals surface area contributed by atoms with E-state index in [1.807, 2.05) is 13.8 Å². The lowest BCUT2D eigenvalue weighted by Gasteiger charge is -2.16. The minimum Gasteiger partial charge on any atom is -0.453 e. The number of sulfonamides is 1. The van der Waals surface area contributed by atoms with E-state index in [1.165, 1.54) is 39.2 Å². The Labute approximate surface area is 159 Å². The zero-order valence-corrected chi connectivity index (χ0v) is 17.1. The molecule has 146 valence electrons. The molecule has 7 nitrogen and oxygen atoms in total. The van der Waals surface area contributed by atoms with Crippen LogP contribution in [0.2, 0.25) is 5.02 Å². The Hall–Kier alpha value is -1.64. The van der Waals surface area contributed by atoms with Gasteiger partial charge in [0.25, 0.3) is 5.91 Å². The van der Waals surface area contributed by atoms with Gasteiger partial charge in [-0.1, -0.05) is 25.4 Å². The quantitative estimate of drug-likeness (QED) is 0.672. The smallest absolute Gasteiger partial charge is 0.306 e. The molecule has 0 fully saturated rings. The third kappa shape index (κ3) is 6.26. The number of hydrogen-bond donors (Lipinski definition) is 1. The molecule has 0 saturated heterocycles. The number of nitrogens with zero attached hydrogens (tertiary/aromatic N) is 1. The van der Waals surface area contributed by atoms with E-state index < -0.39 is 28.0 Å². The summed E-state index contributed by atoms with van der Waals surface area (Å²) >= 11 is 5.97. The lowest BCUT2D eigenvalue weighted by atomic mass is 10.1. The van der Waals surface area contributed by atoms with Crippen molar-refractivity contribution in [3.63, 3.8) is 0 Å². The Morgan fingerprint density at radius 1 is 1.23 bits per heavy atom. The second kappa shape index (κ2) is 9.34. The maximum absolute atomic E-state index is 12.3. The lowest BCUT2D eigenvalue weighted by molar-refractivity contribution is -0.153. The number of nitrogens with one attached hydrogen (secondary N) is 1. The largest absolute Gasteiger partial charge is 0.453 e. The number of anilines is 1. The van der Waals surface area contributed by atoms with Crippen LogP contribution in [0, 0.1) is 5.92 Å². The molecule has 1 aromatic rings. The number of ether oxygens (including phenoxy) is 1. The van der Waals surface area contributed by atoms with Gasteiger partial charge in [0.15, 0.2) is 6.10 Å². The maximum Gasteiger partial charge on any atom is 0.306 e. The standard InChI is InChI=1S/C17H25ClN2O5S/c1-11(2)6-9-16(21)25-12(3)17(22)19-13-7-8-14(18)15(10-13)26(23,24)20(4)5/h7-8,10-12H,6,9H2,1-5H3,(H,19,22)/t12-/m0/s1. The molecule has 1 aromatic carbocycles. The van der Waals surface area contributed by atoms with Gasteiger partial charge in [-0.2, -0.15) is 0 Å². The summed E-state index contributed by atoms with van der Waals surface area (Å²) in [5.41, 5.74) is 0.241. The first-order valence-corrected chi connectivity index (χ1v) is 9.99. The number of amides is 1. The fraction of sp³-hybridized carbons (Fsp3) is 0.529. The second-order valence-electron chi connectivity index (χ2n) is 6.49. The summed E-state index contributed by atoms with van der Waals surface area (Å²) in [6, 6.07) is 4.12. The molecule has 0 aliphatic carbocycles. The normalized spacial score (nSPS) is 12.9. The highest BCUT2D eigenvalue weighted by Crippen LogP contribution is 2.27. The Morgan fingerprint density at radius 2 is 1.85 bits per heavy atom. The molecule has 1 N–H and O–H groups in total. The predicted molar refractivity (Wildman–Crippen MR) is 101 cm³/mol. The van der Waals surface area contributed by atoms with Gasteiger partial charge < -0.3 is 10.1 Å². The predicted octanol–water partition coefficient (Wildman–Crippen LogP) is 2.90. The van der Waals surface area contributed by atoms with E-state index >= 15 is 0 Å². The summed E-state index contributed by atoms with van der Waals surface area (Å²) in [6.07, 6.45) is -0.0864. The zero-order chi connectivity index (χ0) is 20.1. The van der Waals surface area contributed by atoms with Gasteiger partial charge in [0.2, 0.25) is 10.0 Å². The van der Waals surface area contributed by atoms with E-state index in [4.69, 9.17) is 16.3 Å². The van der Waals surface area contributed by atoms with E-state index in [9.17, 15) is 18.0 Å². The van der Waals surface area contributed by atoms with Crippen LogP contribution in [0.3, 0.4) is 0 Å². The Morgan fingerprint density at radius 3 is 2.38 bits per heavy atom. The lowest BCUT2D eigenvalue weighted by Crippen LogP contribution is -2.30. The van der Waals surface area contributed by atoms with Crippen molar-refractivity contribution in [2.75, 3.05) is 19.4 Å². The summed E-state index contributed by atoms with van der Waals surface area (Å²) in [5, 5.41) is 2.58. The molecule has 0 spiro atoms. The number of hydrogen-bond acceptors (Lipinski definition) is 5. The van der Waals surface area contributed by atoms with Crippen molar-refractivity contribution in [2.24, 2.45) is 5.92 Å². The maximum atomic E-state index is 12.3. The summed E-state index contributed by atoms with van der Waals surface area (Å²) < 4.78 is 30.6. The van der Waals surface area contributed by atoms with Crippen molar-refractivity contribution in [1.82, 2.24) is 4.31 Å². The minimum absolute atomic E-state index is 0.0462. The second-order valence-corrected chi connectivity index (χ2v) is 9.01. The summed E-state index contributed by atoms with van der Waals surface area (Å²) in [5.74, 6) is -0.649. The summed E-state index contributed by atoms with van der Waals surface area (Å²) in [4.78, 5) is 23.8. The fourth-order valence-electron chi connectivity index (χ4n) is 1.94. The van der Waals surface area contributed by atoms with E-state index in [-0.39, 0.29) is 22.0 Å². The number of esters is 1. The van der Waals surface area contributed by atoms with Gasteiger partial charge in [-0.05, 0) is 37.5 Å². The van der Waals surface area contributed by atoms with Crippen molar-refractivity contribution in [3.05, 3.63) is 23.2 Å². The van der Waals surface area contributed by atoms with Gasteiger partial charge >= 0.3 is 5.97 Å². The van der Waals surface area contributed by atoms with E-state index in [2.05, 4.69) is 5.32 Å². The number of carbonyl (C=O) groups is 2. The third-order valence-corrected chi connectivity index (χ3v) is 5.86. The number of halogens is 1. The zero-order valence-electron chi connectivity index (χ0n) is 15.6. The van der Waals surface area contributed by atoms with Crippen LogP contribution in [0.5, 0.6) is 0 Å². The molecule has 0 unspecified atom stereocenters. The first-order valence-electron chi connectivity index (χ1n) is 8.17. The van der Waals surface area contributed by atoms with Crippen LogP contribution in [0.15, 0.2) is 23.1 Å². The minimum atomic E-state index is -3.76. The van der Waals surface area contributed by atoms with Crippen LogP contribution >= 0.6 is 11.6 Å². The van der Waals surface area contributed by atoms with Crippen LogP contribution in [0.4, 0.5) is 5.69 Å². The fourth-order valence-corrected chi connectivity index (χ4v) is 3.33. The summed E-state index contributed by atoms with van der Waals surface area (Å²) in [6.45, 7) is 5.43. The van der Waals surface area contributed by atoms with Crippen LogP contribution < -0.4 is 5.32 Å². The molecule has 0 aliphatic rings. The van der Waals surface area contributed by atoms with E-state index in [1.54, 1.807) is 0 Å². The Bertz CT molecular complexity index is 762. The molecule has 0 aromatic heterocycles. The average Bonchev–Trinajstić information content (AvgIpc) is 2.54. The van der Waals surface area contributed by atoms with Crippen LogP contribution in [-0.2, 0) is 24.3 Å². The first kappa shape index (κ1) is 22.4. The Balaban J connectivity index is 2.83. The third-order valence-electron chi connectivity index (χ3n) is 3.56. The molecular formula is C17H25ClN2O5S. The molecule has 1 amide bonds. The molecule has 1 rings (SSSR count).